The van der Waals surface area contributed by atoms with Gasteiger partial charge in [-0.05, 0) is 59.2 Å². The molecule has 1 aliphatic rings. The number of aromatic nitrogens is 1. The van der Waals surface area contributed by atoms with Crippen LogP contribution in [-0.2, 0) is 0 Å². The molecule has 0 aliphatic carbocycles. The molecule has 5 heteroatoms. The number of hydrogen-bond donors (Lipinski definition) is 0. The van der Waals surface area contributed by atoms with E-state index in [9.17, 15) is 4.79 Å². The van der Waals surface area contributed by atoms with Gasteiger partial charge >= 0.3 is 0 Å². The average Bonchev–Trinajstić information content (AvgIpc) is 3.32. The molecule has 3 aromatic carbocycles. The second-order valence-electron chi connectivity index (χ2n) is 7.70. The highest BCUT2D eigenvalue weighted by atomic mass is 35.5. The first-order chi connectivity index (χ1) is 15.7. The molecule has 158 valence electrons. The molecule has 0 bridgehead atoms. The lowest BCUT2D eigenvalue weighted by atomic mass is 9.88. The molecule has 2 heterocycles. The van der Waals surface area contributed by atoms with E-state index in [-0.39, 0.29) is 11.8 Å². The highest BCUT2D eigenvalue weighted by Gasteiger charge is 2.35. The Morgan fingerprint density at radius 3 is 2.50 bits per heavy atom. The zero-order valence-corrected chi connectivity index (χ0v) is 18.2. The van der Waals surface area contributed by atoms with Gasteiger partial charge in [0.15, 0.2) is 5.78 Å². The summed E-state index contributed by atoms with van der Waals surface area (Å²) in [6, 6.07) is 26.1. The summed E-state index contributed by atoms with van der Waals surface area (Å²) in [7, 11) is 1.62. The van der Waals surface area contributed by atoms with Crippen LogP contribution in [0, 0.1) is 0 Å². The fourth-order valence-corrected chi connectivity index (χ4v) is 4.37. The topological polar surface area (TPSA) is 43.6 Å². The van der Waals surface area contributed by atoms with Crippen molar-refractivity contribution >= 4 is 23.6 Å². The van der Waals surface area contributed by atoms with Crippen molar-refractivity contribution in [3.05, 3.63) is 113 Å². The predicted octanol–water partition coefficient (Wildman–Crippen LogP) is 6.41. The number of benzene rings is 3. The summed E-state index contributed by atoms with van der Waals surface area (Å²) in [5.74, 6) is 0.690. The number of fused-ring (bicyclic) bond motifs is 1. The number of methoxy groups -OCH3 is 1. The molecule has 0 saturated carbocycles. The normalized spacial score (nSPS) is 17.1. The quantitative estimate of drug-likeness (QED) is 0.336. The number of aliphatic imine (C=N–C) groups is 1. The summed E-state index contributed by atoms with van der Waals surface area (Å²) in [4.78, 5) is 18.9. The molecule has 0 unspecified atom stereocenters. The number of nitrogens with zero attached hydrogens (tertiary/aromatic N) is 2. The van der Waals surface area contributed by atoms with Gasteiger partial charge in [-0.25, -0.2) is 0 Å². The lowest BCUT2D eigenvalue weighted by Crippen LogP contribution is -2.29. The highest BCUT2D eigenvalue weighted by molar-refractivity contribution is 6.30. The summed E-state index contributed by atoms with van der Waals surface area (Å²) in [5, 5.41) is 0.646. The minimum absolute atomic E-state index is 0.000700. The second-order valence-corrected chi connectivity index (χ2v) is 8.14. The Morgan fingerprint density at radius 1 is 0.969 bits per heavy atom. The minimum atomic E-state index is -0.494. The molecule has 5 rings (SSSR count). The van der Waals surface area contributed by atoms with Crippen molar-refractivity contribution in [1.29, 1.82) is 0 Å². The van der Waals surface area contributed by atoms with E-state index in [0.29, 0.717) is 16.3 Å². The van der Waals surface area contributed by atoms with Crippen LogP contribution in [0.5, 0.6) is 5.75 Å². The fraction of sp³-hybridized carbons (Fsp3) is 0.111. The van der Waals surface area contributed by atoms with E-state index in [1.165, 1.54) is 0 Å². The van der Waals surface area contributed by atoms with Crippen LogP contribution in [-0.4, -0.2) is 23.7 Å². The molecule has 0 fully saturated rings. The van der Waals surface area contributed by atoms with Gasteiger partial charge in [-0.3, -0.25) is 9.79 Å². The van der Waals surface area contributed by atoms with Crippen LogP contribution in [0.15, 0.2) is 96.1 Å². The van der Waals surface area contributed by atoms with Gasteiger partial charge in [0.2, 0.25) is 0 Å². The zero-order chi connectivity index (χ0) is 22.1. The molecule has 0 N–H and O–H groups in total. The maximum absolute atomic E-state index is 14.1. The van der Waals surface area contributed by atoms with Crippen molar-refractivity contribution in [3.8, 4) is 16.9 Å². The van der Waals surface area contributed by atoms with E-state index in [2.05, 4.69) is 0 Å². The van der Waals surface area contributed by atoms with Gasteiger partial charge in [0, 0.05) is 23.0 Å². The van der Waals surface area contributed by atoms with Crippen molar-refractivity contribution in [2.45, 2.75) is 12.1 Å². The van der Waals surface area contributed by atoms with Crippen molar-refractivity contribution in [3.63, 3.8) is 0 Å². The molecule has 4 aromatic rings. The Labute approximate surface area is 191 Å². The van der Waals surface area contributed by atoms with Crippen LogP contribution in [0.3, 0.4) is 0 Å². The van der Waals surface area contributed by atoms with Gasteiger partial charge < -0.3 is 9.30 Å². The van der Waals surface area contributed by atoms with Crippen LogP contribution in [0.4, 0.5) is 0 Å². The van der Waals surface area contributed by atoms with Gasteiger partial charge in [-0.15, -0.1) is 0 Å². The van der Waals surface area contributed by atoms with Crippen molar-refractivity contribution in [2.75, 3.05) is 7.11 Å². The fourth-order valence-electron chi connectivity index (χ4n) is 4.24. The molecular formula is C27H21ClN2O2. The summed E-state index contributed by atoms with van der Waals surface area (Å²) < 4.78 is 7.47. The standard InChI is InChI=1S/C27H21ClN2O2/c1-32-22-13-14-23(24(16-22)18-9-11-20(28)12-10-18)27(31)26-25(19-6-3-2-4-7-19)29-17-21-8-5-15-30(21)26/h2-17,25-26H,1H3/t25-,26+/m1/s1. The molecule has 0 saturated heterocycles. The summed E-state index contributed by atoms with van der Waals surface area (Å²) >= 11 is 6.10. The first-order valence-corrected chi connectivity index (χ1v) is 10.8. The predicted molar refractivity (Wildman–Crippen MR) is 128 cm³/mol. The number of ether oxygens (including phenoxy) is 1. The summed E-state index contributed by atoms with van der Waals surface area (Å²) in [5.41, 5.74) is 4.25. The Hall–Kier alpha value is -3.63. The number of rotatable bonds is 5. The van der Waals surface area contributed by atoms with E-state index in [1.807, 2.05) is 102 Å². The lowest BCUT2D eigenvalue weighted by Gasteiger charge is -2.30. The summed E-state index contributed by atoms with van der Waals surface area (Å²) in [6.45, 7) is 0. The second kappa shape index (κ2) is 8.48. The number of halogens is 1. The largest absolute Gasteiger partial charge is 0.497 e. The molecule has 32 heavy (non-hydrogen) atoms. The van der Waals surface area contributed by atoms with Gasteiger partial charge in [0.25, 0.3) is 0 Å². The van der Waals surface area contributed by atoms with E-state index in [4.69, 9.17) is 21.3 Å². The third-order valence-electron chi connectivity index (χ3n) is 5.84. The molecular weight excluding hydrogens is 420 g/mol. The van der Waals surface area contributed by atoms with Crippen molar-refractivity contribution in [1.82, 2.24) is 4.57 Å². The summed E-state index contributed by atoms with van der Waals surface area (Å²) in [6.07, 6.45) is 3.79. The molecule has 0 radical (unpaired) electrons. The van der Waals surface area contributed by atoms with Gasteiger partial charge in [-0.2, -0.15) is 0 Å². The monoisotopic (exact) mass is 440 g/mol. The van der Waals surface area contributed by atoms with Crippen molar-refractivity contribution < 1.29 is 9.53 Å². The molecule has 0 spiro atoms. The Bertz CT molecular complexity index is 1290. The smallest absolute Gasteiger partial charge is 0.188 e. The van der Waals surface area contributed by atoms with E-state index >= 15 is 0 Å². The number of hydrogen-bond acceptors (Lipinski definition) is 3. The first kappa shape index (κ1) is 20.3. The van der Waals surface area contributed by atoms with Crippen LogP contribution in [0.25, 0.3) is 11.1 Å². The van der Waals surface area contributed by atoms with Crippen LogP contribution in [0.2, 0.25) is 5.02 Å². The maximum atomic E-state index is 14.1. The number of carbonyl (C=O) groups excluding carboxylic acids is 1. The van der Waals surface area contributed by atoms with Crippen LogP contribution in [0.1, 0.15) is 33.7 Å². The third kappa shape index (κ3) is 3.63. The third-order valence-corrected chi connectivity index (χ3v) is 6.09. The minimum Gasteiger partial charge on any atom is -0.497 e. The highest BCUT2D eigenvalue weighted by Crippen LogP contribution is 2.39. The number of Topliss-reactive ketones (excluding diaryl/α,β-unsaturated/α-hetero) is 1. The Morgan fingerprint density at radius 2 is 1.75 bits per heavy atom. The molecule has 1 aromatic heterocycles. The Balaban J connectivity index is 1.65. The molecule has 2 atom stereocenters. The number of carbonyl (C=O) groups is 1. The van der Waals surface area contributed by atoms with Crippen molar-refractivity contribution in [2.24, 2.45) is 4.99 Å². The van der Waals surface area contributed by atoms with Gasteiger partial charge in [-0.1, -0.05) is 54.1 Å². The van der Waals surface area contributed by atoms with E-state index < -0.39 is 6.04 Å². The average molecular weight is 441 g/mol. The lowest BCUT2D eigenvalue weighted by molar-refractivity contribution is 0.0906. The first-order valence-electron chi connectivity index (χ1n) is 10.4. The number of ketones is 1. The van der Waals surface area contributed by atoms with Gasteiger partial charge in [0.1, 0.15) is 17.8 Å². The van der Waals surface area contributed by atoms with E-state index in [0.717, 1.165) is 22.4 Å². The van der Waals surface area contributed by atoms with E-state index in [1.54, 1.807) is 7.11 Å². The van der Waals surface area contributed by atoms with Crippen LogP contribution >= 0.6 is 11.6 Å². The Kier molecular flexibility index (Phi) is 5.38. The SMILES string of the molecule is COc1ccc(C(=O)[C@@H]2[C@@H](c3ccccc3)N=Cc3cccn32)c(-c2ccc(Cl)cc2)c1. The zero-order valence-electron chi connectivity index (χ0n) is 17.5. The maximum Gasteiger partial charge on any atom is 0.188 e. The van der Waals surface area contributed by atoms with Crippen LogP contribution < -0.4 is 4.74 Å². The molecule has 1 aliphatic heterocycles. The molecule has 0 amide bonds. The molecule has 4 nitrogen and oxygen atoms in total. The van der Waals surface area contributed by atoms with Gasteiger partial charge in [0.05, 0.1) is 12.8 Å².